The van der Waals surface area contributed by atoms with E-state index < -0.39 is 0 Å². The molecule has 0 saturated carbocycles. The molecule has 0 aliphatic carbocycles. The molecule has 0 spiro atoms. The summed E-state index contributed by atoms with van der Waals surface area (Å²) in [7, 11) is 2.04. The Morgan fingerprint density at radius 3 is 2.00 bits per heavy atom. The van der Waals surface area contributed by atoms with Crippen molar-refractivity contribution in [2.75, 3.05) is 13.7 Å². The van der Waals surface area contributed by atoms with Crippen LogP contribution in [0.1, 0.15) is 54.4 Å². The van der Waals surface area contributed by atoms with Crippen molar-refractivity contribution in [1.29, 1.82) is 0 Å². The molecule has 1 N–H and O–H groups in total. The summed E-state index contributed by atoms with van der Waals surface area (Å²) in [6, 6.07) is 0.461. The molecule has 0 fully saturated rings. The van der Waals surface area contributed by atoms with Crippen LogP contribution in [0.3, 0.4) is 0 Å². The minimum absolute atomic E-state index is 0.195. The maximum atomic E-state index is 5.93. The zero-order valence-corrected chi connectivity index (χ0v) is 12.3. The van der Waals surface area contributed by atoms with E-state index >= 15 is 0 Å². The highest BCUT2D eigenvalue weighted by Crippen LogP contribution is 2.27. The Hall–Kier alpha value is -0.0800. The molecular weight excluding hydrogens is 198 g/mol. The quantitative estimate of drug-likeness (QED) is 0.722. The first-order chi connectivity index (χ1) is 7.32. The van der Waals surface area contributed by atoms with Crippen LogP contribution in [0.15, 0.2) is 0 Å². The largest absolute Gasteiger partial charge is 0.376 e. The number of rotatable bonds is 7. The Morgan fingerprint density at radius 1 is 1.12 bits per heavy atom. The van der Waals surface area contributed by atoms with Gasteiger partial charge >= 0.3 is 0 Å². The Labute approximate surface area is 102 Å². The highest BCUT2D eigenvalue weighted by Gasteiger charge is 2.31. The van der Waals surface area contributed by atoms with Crippen molar-refractivity contribution in [3.63, 3.8) is 0 Å². The summed E-state index contributed by atoms with van der Waals surface area (Å²) in [4.78, 5) is 0. The zero-order chi connectivity index (χ0) is 12.8. The third kappa shape index (κ3) is 5.86. The second-order valence-electron chi connectivity index (χ2n) is 6.11. The summed E-state index contributed by atoms with van der Waals surface area (Å²) in [5.41, 5.74) is 0.195. The zero-order valence-electron chi connectivity index (χ0n) is 12.3. The molecule has 0 rings (SSSR count). The smallest absolute Gasteiger partial charge is 0.0775 e. The van der Waals surface area contributed by atoms with E-state index in [2.05, 4.69) is 46.9 Å². The van der Waals surface area contributed by atoms with Gasteiger partial charge in [-0.2, -0.15) is 0 Å². The first kappa shape index (κ1) is 15.9. The predicted octanol–water partition coefficient (Wildman–Crippen LogP) is 3.46. The van der Waals surface area contributed by atoms with Gasteiger partial charge in [0.15, 0.2) is 0 Å². The molecule has 0 aliphatic heterocycles. The second kappa shape index (κ2) is 7.29. The van der Waals surface area contributed by atoms with Crippen LogP contribution < -0.4 is 5.32 Å². The first-order valence-corrected chi connectivity index (χ1v) is 6.61. The van der Waals surface area contributed by atoms with Gasteiger partial charge in [-0.05, 0) is 38.1 Å². The lowest BCUT2D eigenvalue weighted by Gasteiger charge is -2.37. The van der Waals surface area contributed by atoms with Crippen LogP contribution in [-0.4, -0.2) is 25.8 Å². The van der Waals surface area contributed by atoms with Crippen LogP contribution in [0.2, 0.25) is 0 Å². The average molecular weight is 229 g/mol. The van der Waals surface area contributed by atoms with E-state index in [1.165, 1.54) is 12.8 Å². The van der Waals surface area contributed by atoms with Crippen molar-refractivity contribution in [2.45, 2.75) is 66.5 Å². The molecular formula is C14H31NO. The maximum absolute atomic E-state index is 5.93. The van der Waals surface area contributed by atoms with Crippen molar-refractivity contribution in [2.24, 2.45) is 11.3 Å². The van der Waals surface area contributed by atoms with Gasteiger partial charge in [-0.1, -0.05) is 34.6 Å². The lowest BCUT2D eigenvalue weighted by Crippen LogP contribution is -2.47. The van der Waals surface area contributed by atoms with Crippen molar-refractivity contribution >= 4 is 0 Å². The molecule has 0 aliphatic rings. The summed E-state index contributed by atoms with van der Waals surface area (Å²) < 4.78 is 5.93. The molecule has 2 unspecified atom stereocenters. The highest BCUT2D eigenvalue weighted by atomic mass is 16.5. The van der Waals surface area contributed by atoms with Gasteiger partial charge in [-0.25, -0.2) is 0 Å². The van der Waals surface area contributed by atoms with Gasteiger partial charge in [0.25, 0.3) is 0 Å². The van der Waals surface area contributed by atoms with E-state index in [4.69, 9.17) is 4.74 Å². The van der Waals surface area contributed by atoms with E-state index in [1.807, 2.05) is 7.05 Å². The molecule has 16 heavy (non-hydrogen) atoms. The summed E-state index contributed by atoms with van der Waals surface area (Å²) in [6.45, 7) is 14.2. The van der Waals surface area contributed by atoms with Crippen LogP contribution in [-0.2, 0) is 4.74 Å². The molecule has 98 valence electrons. The van der Waals surface area contributed by atoms with Crippen LogP contribution in [0.5, 0.6) is 0 Å². The van der Waals surface area contributed by atoms with Crippen LogP contribution in [0.25, 0.3) is 0 Å². The van der Waals surface area contributed by atoms with Crippen molar-refractivity contribution in [1.82, 2.24) is 5.32 Å². The van der Waals surface area contributed by atoms with Crippen molar-refractivity contribution < 1.29 is 4.74 Å². The van der Waals surface area contributed by atoms with E-state index in [-0.39, 0.29) is 5.41 Å². The lowest BCUT2D eigenvalue weighted by molar-refractivity contribution is -0.0367. The van der Waals surface area contributed by atoms with E-state index in [0.29, 0.717) is 12.1 Å². The Balaban J connectivity index is 4.46. The standard InChI is InChI=1S/C14H31NO/c1-8-16-13(14(4,5)6)12(15-7)10-9-11(2)3/h11-13,15H,8-10H2,1-7H3. The highest BCUT2D eigenvalue weighted by molar-refractivity contribution is 4.85. The van der Waals surface area contributed by atoms with Gasteiger partial charge in [-0.15, -0.1) is 0 Å². The average Bonchev–Trinajstić information content (AvgIpc) is 2.15. The van der Waals surface area contributed by atoms with Crippen LogP contribution in [0, 0.1) is 11.3 Å². The van der Waals surface area contributed by atoms with Crippen molar-refractivity contribution in [3.8, 4) is 0 Å². The summed E-state index contributed by atoms with van der Waals surface area (Å²) in [5, 5.41) is 3.42. The van der Waals surface area contributed by atoms with E-state index in [1.54, 1.807) is 0 Å². The topological polar surface area (TPSA) is 21.3 Å². The monoisotopic (exact) mass is 229 g/mol. The van der Waals surface area contributed by atoms with E-state index in [9.17, 15) is 0 Å². The number of likely N-dealkylation sites (N-methyl/N-ethyl adjacent to an activating group) is 1. The minimum atomic E-state index is 0.195. The summed E-state index contributed by atoms with van der Waals surface area (Å²) in [6.07, 6.45) is 2.74. The molecule has 2 heteroatoms. The normalized spacial score (nSPS) is 16.5. The van der Waals surface area contributed by atoms with Crippen molar-refractivity contribution in [3.05, 3.63) is 0 Å². The molecule has 0 heterocycles. The van der Waals surface area contributed by atoms with E-state index in [0.717, 1.165) is 12.5 Å². The fourth-order valence-corrected chi connectivity index (χ4v) is 2.11. The van der Waals surface area contributed by atoms with Gasteiger partial charge in [-0.3, -0.25) is 0 Å². The van der Waals surface area contributed by atoms with Gasteiger partial charge < -0.3 is 10.1 Å². The number of nitrogens with one attached hydrogen (secondary N) is 1. The minimum Gasteiger partial charge on any atom is -0.376 e. The third-order valence-electron chi connectivity index (χ3n) is 2.99. The summed E-state index contributed by atoms with van der Waals surface area (Å²) >= 11 is 0. The number of hydrogen-bond donors (Lipinski definition) is 1. The Kier molecular flexibility index (Phi) is 7.25. The molecule has 2 nitrogen and oxygen atoms in total. The molecule has 2 atom stereocenters. The molecule has 0 radical (unpaired) electrons. The Morgan fingerprint density at radius 2 is 1.69 bits per heavy atom. The second-order valence-corrected chi connectivity index (χ2v) is 6.11. The number of hydrogen-bond acceptors (Lipinski definition) is 2. The number of ether oxygens (including phenoxy) is 1. The SMILES string of the molecule is CCOC(C(CCC(C)C)NC)C(C)(C)C. The Bertz CT molecular complexity index is 172. The lowest BCUT2D eigenvalue weighted by atomic mass is 9.82. The van der Waals surface area contributed by atoms with Gasteiger partial charge in [0, 0.05) is 12.6 Å². The molecule has 0 amide bonds. The third-order valence-corrected chi connectivity index (χ3v) is 2.99. The molecule has 0 aromatic heterocycles. The molecule has 0 aromatic rings. The van der Waals surface area contributed by atoms with Gasteiger partial charge in [0.05, 0.1) is 6.10 Å². The molecule has 0 bridgehead atoms. The fraction of sp³-hybridized carbons (Fsp3) is 1.00. The summed E-state index contributed by atoms with van der Waals surface area (Å²) in [5.74, 6) is 0.762. The maximum Gasteiger partial charge on any atom is 0.0775 e. The molecule has 0 saturated heterocycles. The van der Waals surface area contributed by atoms with Gasteiger partial charge in [0.2, 0.25) is 0 Å². The van der Waals surface area contributed by atoms with Gasteiger partial charge in [0.1, 0.15) is 0 Å². The predicted molar refractivity (Wildman–Crippen MR) is 71.8 cm³/mol. The first-order valence-electron chi connectivity index (χ1n) is 6.61. The van der Waals surface area contributed by atoms with Crippen LogP contribution >= 0.6 is 0 Å². The molecule has 0 aromatic carbocycles. The van der Waals surface area contributed by atoms with Crippen LogP contribution in [0.4, 0.5) is 0 Å². The fourth-order valence-electron chi connectivity index (χ4n) is 2.11.